The lowest BCUT2D eigenvalue weighted by Gasteiger charge is -2.28. The third kappa shape index (κ3) is 2.96. The molecule has 3 aromatic rings. The number of aryl methyl sites for hydroxylation is 1. The monoisotopic (exact) mass is 374 g/mol. The molecule has 0 bridgehead atoms. The van der Waals surface area contributed by atoms with Crippen molar-refractivity contribution in [1.29, 1.82) is 0 Å². The Morgan fingerprint density at radius 2 is 1.86 bits per heavy atom. The minimum atomic E-state index is -1.38. The third-order valence-electron chi connectivity index (χ3n) is 4.91. The zero-order valence-electron chi connectivity index (χ0n) is 15.2. The van der Waals surface area contributed by atoms with Gasteiger partial charge in [-0.1, -0.05) is 30.3 Å². The zero-order valence-corrected chi connectivity index (χ0v) is 15.2. The molecule has 3 amide bonds. The van der Waals surface area contributed by atoms with Crippen molar-refractivity contribution < 1.29 is 9.59 Å². The number of nitrogens with one attached hydrogen (secondary N) is 2. The summed E-state index contributed by atoms with van der Waals surface area (Å²) in [5.41, 5.74) is 1.30. The first-order valence-corrected chi connectivity index (χ1v) is 8.80. The number of urea groups is 1. The lowest BCUT2D eigenvalue weighted by molar-refractivity contribution is -0.124. The number of carbonyl (C=O) groups excluding carboxylic acids is 2. The summed E-state index contributed by atoms with van der Waals surface area (Å²) in [6, 6.07) is 13.9. The Bertz CT molecular complexity index is 1120. The Balaban J connectivity index is 1.84. The second-order valence-electron chi connectivity index (χ2n) is 6.76. The van der Waals surface area contributed by atoms with Crippen LogP contribution in [0.5, 0.6) is 0 Å². The van der Waals surface area contributed by atoms with Crippen molar-refractivity contribution in [2.45, 2.75) is 19.0 Å². The summed E-state index contributed by atoms with van der Waals surface area (Å²) in [7, 11) is 0. The molecule has 7 heteroatoms. The first-order valence-electron chi connectivity index (χ1n) is 8.80. The number of hydrogen-bond donors (Lipinski definition) is 2. The number of aromatic nitrogens is 2. The first-order chi connectivity index (χ1) is 13.5. The van der Waals surface area contributed by atoms with Crippen molar-refractivity contribution in [2.75, 3.05) is 0 Å². The van der Waals surface area contributed by atoms with Gasteiger partial charge in [0, 0.05) is 24.2 Å². The Morgan fingerprint density at radius 3 is 2.57 bits per heavy atom. The molecule has 1 aliphatic heterocycles. The normalized spacial score (nSPS) is 18.6. The summed E-state index contributed by atoms with van der Waals surface area (Å²) in [6.07, 6.45) is 5.02. The maximum Gasteiger partial charge on any atom is 0.322 e. The number of nitrogens with zero attached hydrogens (tertiary/aromatic N) is 2. The minimum absolute atomic E-state index is 0.0123. The van der Waals surface area contributed by atoms with Crippen molar-refractivity contribution in [3.63, 3.8) is 0 Å². The van der Waals surface area contributed by atoms with E-state index in [-0.39, 0.29) is 12.1 Å². The Kier molecular flexibility index (Phi) is 4.27. The van der Waals surface area contributed by atoms with Gasteiger partial charge in [0.25, 0.3) is 11.5 Å². The molecule has 4 rings (SSSR count). The maximum atomic E-state index is 12.8. The van der Waals surface area contributed by atoms with E-state index in [1.807, 2.05) is 30.3 Å². The van der Waals surface area contributed by atoms with Gasteiger partial charge in [0.05, 0.1) is 6.54 Å². The van der Waals surface area contributed by atoms with Crippen molar-refractivity contribution in [1.82, 2.24) is 20.2 Å². The number of hydrogen-bond acceptors (Lipinski definition) is 4. The SMILES string of the molecule is Cc1cccn(CC2(c3cccc(-c4cccnc4)c3)NC(=O)NC2=O)c1=O. The van der Waals surface area contributed by atoms with Gasteiger partial charge in [-0.15, -0.1) is 0 Å². The van der Waals surface area contributed by atoms with Crippen LogP contribution in [-0.4, -0.2) is 21.5 Å². The average molecular weight is 374 g/mol. The van der Waals surface area contributed by atoms with E-state index < -0.39 is 17.5 Å². The van der Waals surface area contributed by atoms with E-state index in [1.165, 1.54) is 4.57 Å². The molecule has 0 spiro atoms. The fourth-order valence-electron chi connectivity index (χ4n) is 3.43. The molecule has 28 heavy (non-hydrogen) atoms. The fourth-order valence-corrected chi connectivity index (χ4v) is 3.43. The highest BCUT2D eigenvalue weighted by molar-refractivity contribution is 6.07. The van der Waals surface area contributed by atoms with Crippen LogP contribution in [0.2, 0.25) is 0 Å². The Hall–Kier alpha value is -3.74. The molecule has 1 atom stereocenters. The van der Waals surface area contributed by atoms with Crippen LogP contribution < -0.4 is 16.2 Å². The summed E-state index contributed by atoms with van der Waals surface area (Å²) in [5, 5.41) is 5.04. The molecular formula is C21H18N4O3. The molecule has 0 saturated carbocycles. The zero-order chi connectivity index (χ0) is 19.7. The fraction of sp³-hybridized carbons (Fsp3) is 0.143. The number of amides is 3. The van der Waals surface area contributed by atoms with Crippen LogP contribution in [0.4, 0.5) is 4.79 Å². The Labute approximate surface area is 161 Å². The predicted molar refractivity (Wildman–Crippen MR) is 103 cm³/mol. The number of carbonyl (C=O) groups is 2. The molecule has 3 heterocycles. The molecule has 7 nitrogen and oxygen atoms in total. The lowest BCUT2D eigenvalue weighted by Crippen LogP contribution is -2.49. The standard InChI is InChI=1S/C21H18N4O3/c1-14-5-4-10-25(18(14)26)13-21(19(27)23-20(28)24-21)17-8-2-6-15(11-17)16-7-3-9-22-12-16/h2-12H,13H2,1H3,(H2,23,24,27,28). The lowest BCUT2D eigenvalue weighted by atomic mass is 9.87. The van der Waals surface area contributed by atoms with E-state index in [1.54, 1.807) is 43.7 Å². The number of imide groups is 1. The van der Waals surface area contributed by atoms with Crippen molar-refractivity contribution in [3.05, 3.63) is 88.6 Å². The second-order valence-corrected chi connectivity index (χ2v) is 6.76. The summed E-state index contributed by atoms with van der Waals surface area (Å²) < 4.78 is 1.44. The van der Waals surface area contributed by atoms with E-state index >= 15 is 0 Å². The van der Waals surface area contributed by atoms with Crippen molar-refractivity contribution in [3.8, 4) is 11.1 Å². The molecule has 1 unspecified atom stereocenters. The first kappa shape index (κ1) is 17.7. The largest absolute Gasteiger partial charge is 0.322 e. The summed E-state index contributed by atoms with van der Waals surface area (Å²) in [6.45, 7) is 1.70. The topological polar surface area (TPSA) is 93.1 Å². The van der Waals surface area contributed by atoms with Gasteiger partial charge in [0.1, 0.15) is 0 Å². The molecule has 0 aliphatic carbocycles. The summed E-state index contributed by atoms with van der Waals surface area (Å²) >= 11 is 0. The van der Waals surface area contributed by atoms with Gasteiger partial charge in [0.2, 0.25) is 0 Å². The Morgan fingerprint density at radius 1 is 1.04 bits per heavy atom. The van der Waals surface area contributed by atoms with Crippen molar-refractivity contribution >= 4 is 11.9 Å². The van der Waals surface area contributed by atoms with E-state index in [0.717, 1.165) is 11.1 Å². The molecule has 1 aromatic carbocycles. The highest BCUT2D eigenvalue weighted by Crippen LogP contribution is 2.30. The number of pyridine rings is 2. The van der Waals surface area contributed by atoms with Gasteiger partial charge in [-0.05, 0) is 41.8 Å². The van der Waals surface area contributed by atoms with Crippen LogP contribution >= 0.6 is 0 Å². The van der Waals surface area contributed by atoms with E-state index in [2.05, 4.69) is 15.6 Å². The molecule has 1 fully saturated rings. The van der Waals surface area contributed by atoms with Crippen LogP contribution in [0.25, 0.3) is 11.1 Å². The average Bonchev–Trinajstić information content (AvgIpc) is 3.00. The van der Waals surface area contributed by atoms with Crippen molar-refractivity contribution in [2.24, 2.45) is 0 Å². The molecule has 1 aliphatic rings. The quantitative estimate of drug-likeness (QED) is 0.683. The van der Waals surface area contributed by atoms with Crippen LogP contribution in [-0.2, 0) is 16.9 Å². The maximum absolute atomic E-state index is 12.8. The van der Waals surface area contributed by atoms with Crippen LogP contribution in [0.3, 0.4) is 0 Å². The molecule has 140 valence electrons. The highest BCUT2D eigenvalue weighted by Gasteiger charge is 2.48. The molecule has 2 N–H and O–H groups in total. The second kappa shape index (κ2) is 6.77. The summed E-state index contributed by atoms with van der Waals surface area (Å²) in [4.78, 5) is 41.5. The van der Waals surface area contributed by atoms with Gasteiger partial charge in [0.15, 0.2) is 5.54 Å². The van der Waals surface area contributed by atoms with Crippen LogP contribution in [0.1, 0.15) is 11.1 Å². The van der Waals surface area contributed by atoms with Gasteiger partial charge in [-0.2, -0.15) is 0 Å². The third-order valence-corrected chi connectivity index (χ3v) is 4.91. The van der Waals surface area contributed by atoms with Gasteiger partial charge < -0.3 is 9.88 Å². The van der Waals surface area contributed by atoms with E-state index in [9.17, 15) is 14.4 Å². The summed E-state index contributed by atoms with van der Waals surface area (Å²) in [5.74, 6) is -0.491. The number of rotatable bonds is 4. The minimum Gasteiger partial charge on any atom is -0.318 e. The van der Waals surface area contributed by atoms with E-state index in [0.29, 0.717) is 11.1 Å². The van der Waals surface area contributed by atoms with Gasteiger partial charge in [-0.25, -0.2) is 4.79 Å². The van der Waals surface area contributed by atoms with Gasteiger partial charge in [-0.3, -0.25) is 19.9 Å². The molecule has 1 saturated heterocycles. The highest BCUT2D eigenvalue weighted by atomic mass is 16.2. The molecule has 2 aromatic heterocycles. The predicted octanol–water partition coefficient (Wildman–Crippen LogP) is 1.95. The van der Waals surface area contributed by atoms with Gasteiger partial charge >= 0.3 is 6.03 Å². The van der Waals surface area contributed by atoms with Crippen LogP contribution in [0, 0.1) is 6.92 Å². The number of benzene rings is 1. The molecular weight excluding hydrogens is 356 g/mol. The molecule has 0 radical (unpaired) electrons. The smallest absolute Gasteiger partial charge is 0.318 e. The van der Waals surface area contributed by atoms with E-state index in [4.69, 9.17) is 0 Å². The van der Waals surface area contributed by atoms with Crippen LogP contribution in [0.15, 0.2) is 71.9 Å².